The fraction of sp³-hybridized carbons (Fsp3) is 0.364. The van der Waals surface area contributed by atoms with Crippen molar-refractivity contribution in [3.05, 3.63) is 29.6 Å². The lowest BCUT2D eigenvalue weighted by Gasteiger charge is -2.11. The van der Waals surface area contributed by atoms with Crippen molar-refractivity contribution in [2.24, 2.45) is 5.14 Å². The van der Waals surface area contributed by atoms with Gasteiger partial charge in [0.05, 0.1) is 0 Å². The van der Waals surface area contributed by atoms with Gasteiger partial charge in [0, 0.05) is 18.2 Å². The van der Waals surface area contributed by atoms with Gasteiger partial charge < -0.3 is 10.6 Å². The molecule has 1 unspecified atom stereocenters. The molecule has 0 radical (unpaired) electrons. The molecule has 0 aliphatic heterocycles. The molecule has 0 aliphatic rings. The van der Waals surface area contributed by atoms with Crippen molar-refractivity contribution < 1.29 is 17.6 Å². The van der Waals surface area contributed by atoms with E-state index in [4.69, 9.17) is 5.14 Å². The van der Waals surface area contributed by atoms with E-state index in [9.17, 15) is 17.6 Å². The first-order chi connectivity index (χ1) is 8.75. The Balaban J connectivity index is 0.00000361. The Morgan fingerprint density at radius 1 is 1.45 bits per heavy atom. The number of benzene rings is 1. The second kappa shape index (κ2) is 7.53. The quantitative estimate of drug-likeness (QED) is 0.721. The van der Waals surface area contributed by atoms with E-state index in [1.165, 1.54) is 6.07 Å². The molecule has 0 aromatic heterocycles. The molecule has 0 heterocycles. The van der Waals surface area contributed by atoms with E-state index in [1.807, 2.05) is 6.92 Å². The Morgan fingerprint density at radius 3 is 2.50 bits per heavy atom. The van der Waals surface area contributed by atoms with Crippen molar-refractivity contribution in [1.29, 1.82) is 0 Å². The average Bonchev–Trinajstić information content (AvgIpc) is 2.33. The Labute approximate surface area is 123 Å². The minimum Gasteiger partial charge on any atom is -0.350 e. The third-order valence-corrected chi connectivity index (χ3v) is 3.51. The molecule has 0 saturated heterocycles. The molecule has 1 amide bonds. The molecule has 0 aliphatic carbocycles. The molecule has 20 heavy (non-hydrogen) atoms. The summed E-state index contributed by atoms with van der Waals surface area (Å²) in [5, 5.41) is 10.3. The fourth-order valence-corrected chi connectivity index (χ4v) is 1.91. The maximum absolute atomic E-state index is 13.5. The van der Waals surface area contributed by atoms with E-state index in [0.29, 0.717) is 6.54 Å². The highest BCUT2D eigenvalue weighted by molar-refractivity contribution is 7.89. The second-order valence-corrected chi connectivity index (χ2v) is 5.62. The van der Waals surface area contributed by atoms with Gasteiger partial charge in [0.15, 0.2) is 0 Å². The Morgan fingerprint density at radius 2 is 2.05 bits per heavy atom. The van der Waals surface area contributed by atoms with E-state index in [0.717, 1.165) is 12.1 Å². The number of sulfonamides is 1. The van der Waals surface area contributed by atoms with Crippen LogP contribution in [0.1, 0.15) is 17.3 Å². The van der Waals surface area contributed by atoms with E-state index in [1.54, 1.807) is 7.05 Å². The van der Waals surface area contributed by atoms with Crippen LogP contribution >= 0.6 is 12.4 Å². The molecule has 9 heteroatoms. The molecule has 1 rings (SSSR count). The molecule has 114 valence electrons. The molecule has 0 saturated carbocycles. The first kappa shape index (κ1) is 18.8. The van der Waals surface area contributed by atoms with Crippen LogP contribution in [-0.4, -0.2) is 34.0 Å². The molecule has 0 bridgehead atoms. The van der Waals surface area contributed by atoms with Crippen molar-refractivity contribution in [3.63, 3.8) is 0 Å². The van der Waals surface area contributed by atoms with Crippen LogP contribution in [0.15, 0.2) is 23.1 Å². The van der Waals surface area contributed by atoms with Crippen LogP contribution in [0.2, 0.25) is 0 Å². The summed E-state index contributed by atoms with van der Waals surface area (Å²) in [6, 6.07) is 3.10. The number of halogens is 2. The van der Waals surface area contributed by atoms with Gasteiger partial charge in [-0.15, -0.1) is 12.4 Å². The van der Waals surface area contributed by atoms with Crippen LogP contribution in [0.25, 0.3) is 0 Å². The summed E-state index contributed by atoms with van der Waals surface area (Å²) in [6.45, 7) is 2.23. The van der Waals surface area contributed by atoms with Crippen LogP contribution in [0.5, 0.6) is 0 Å². The SMILES string of the molecule is CNC(C)CNC(=O)c1ccc(S(N)(=O)=O)c(F)c1.Cl. The van der Waals surface area contributed by atoms with Crippen molar-refractivity contribution >= 4 is 28.3 Å². The van der Waals surface area contributed by atoms with Crippen LogP contribution < -0.4 is 15.8 Å². The Bertz CT molecular complexity index is 580. The lowest BCUT2D eigenvalue weighted by atomic mass is 10.2. The third-order valence-electron chi connectivity index (χ3n) is 2.56. The zero-order valence-corrected chi connectivity index (χ0v) is 12.6. The maximum Gasteiger partial charge on any atom is 0.251 e. The summed E-state index contributed by atoms with van der Waals surface area (Å²) >= 11 is 0. The zero-order chi connectivity index (χ0) is 14.6. The van der Waals surface area contributed by atoms with E-state index >= 15 is 0 Å². The molecule has 1 atom stereocenters. The molecule has 4 N–H and O–H groups in total. The molecule has 0 spiro atoms. The summed E-state index contributed by atoms with van der Waals surface area (Å²) in [6.07, 6.45) is 0. The number of nitrogens with one attached hydrogen (secondary N) is 2. The third kappa shape index (κ3) is 5.04. The lowest BCUT2D eigenvalue weighted by molar-refractivity contribution is 0.0950. The fourth-order valence-electron chi connectivity index (χ4n) is 1.32. The van der Waals surface area contributed by atoms with Gasteiger partial charge in [-0.25, -0.2) is 17.9 Å². The smallest absolute Gasteiger partial charge is 0.251 e. The highest BCUT2D eigenvalue weighted by atomic mass is 35.5. The van der Waals surface area contributed by atoms with E-state index in [-0.39, 0.29) is 24.0 Å². The van der Waals surface area contributed by atoms with Crippen LogP contribution in [0.4, 0.5) is 4.39 Å². The van der Waals surface area contributed by atoms with Gasteiger partial charge in [0.2, 0.25) is 10.0 Å². The molecule has 6 nitrogen and oxygen atoms in total. The van der Waals surface area contributed by atoms with Gasteiger partial charge >= 0.3 is 0 Å². The predicted molar refractivity (Wildman–Crippen MR) is 75.9 cm³/mol. The van der Waals surface area contributed by atoms with Gasteiger partial charge in [-0.1, -0.05) is 0 Å². The summed E-state index contributed by atoms with van der Waals surface area (Å²) in [5.74, 6) is -1.53. The van der Waals surface area contributed by atoms with Crippen molar-refractivity contribution in [2.75, 3.05) is 13.6 Å². The standard InChI is InChI=1S/C11H16FN3O3S.ClH/c1-7(14-2)6-15-11(16)8-3-4-10(9(12)5-8)19(13,17)18;/h3-5,7,14H,6H2,1-2H3,(H,15,16)(H2,13,17,18);1H. The molecule has 1 aromatic carbocycles. The topological polar surface area (TPSA) is 101 Å². The monoisotopic (exact) mass is 325 g/mol. The van der Waals surface area contributed by atoms with E-state index in [2.05, 4.69) is 10.6 Å². The molecular formula is C11H17ClFN3O3S. The summed E-state index contributed by atoms with van der Waals surface area (Å²) in [7, 11) is -2.37. The van der Waals surface area contributed by atoms with Crippen LogP contribution in [0, 0.1) is 5.82 Å². The number of hydrogen-bond acceptors (Lipinski definition) is 4. The highest BCUT2D eigenvalue weighted by Gasteiger charge is 2.16. The Hall–Kier alpha value is -1.22. The number of amides is 1. The van der Waals surface area contributed by atoms with Gasteiger partial charge in [-0.2, -0.15) is 0 Å². The van der Waals surface area contributed by atoms with Gasteiger partial charge in [0.25, 0.3) is 5.91 Å². The van der Waals surface area contributed by atoms with Crippen molar-refractivity contribution in [1.82, 2.24) is 10.6 Å². The number of hydrogen-bond donors (Lipinski definition) is 3. The normalized spacial score (nSPS) is 12.4. The number of rotatable bonds is 5. The molecule has 0 fully saturated rings. The van der Waals surface area contributed by atoms with Crippen molar-refractivity contribution in [3.8, 4) is 0 Å². The largest absolute Gasteiger partial charge is 0.350 e. The Kier molecular flexibility index (Phi) is 7.07. The molecular weight excluding hydrogens is 309 g/mol. The predicted octanol–water partition coefficient (Wildman–Crippen LogP) is 0.233. The second-order valence-electron chi connectivity index (χ2n) is 4.09. The van der Waals surface area contributed by atoms with Gasteiger partial charge in [-0.05, 0) is 32.2 Å². The summed E-state index contributed by atoms with van der Waals surface area (Å²) < 4.78 is 35.6. The van der Waals surface area contributed by atoms with Crippen LogP contribution in [-0.2, 0) is 10.0 Å². The number of primary sulfonamides is 1. The minimum absolute atomic E-state index is 0. The zero-order valence-electron chi connectivity index (χ0n) is 11.0. The maximum atomic E-state index is 13.5. The van der Waals surface area contributed by atoms with Crippen LogP contribution in [0.3, 0.4) is 0 Å². The number of likely N-dealkylation sites (N-methyl/N-ethyl adjacent to an activating group) is 1. The summed E-state index contributed by atoms with van der Waals surface area (Å²) in [4.78, 5) is 11.1. The highest BCUT2D eigenvalue weighted by Crippen LogP contribution is 2.14. The van der Waals surface area contributed by atoms with Gasteiger partial charge in [-0.3, -0.25) is 4.79 Å². The minimum atomic E-state index is -4.12. The first-order valence-corrected chi connectivity index (χ1v) is 7.08. The molecule has 1 aromatic rings. The number of carbonyl (C=O) groups excluding carboxylic acids is 1. The lowest BCUT2D eigenvalue weighted by Crippen LogP contribution is -2.37. The summed E-state index contributed by atoms with van der Waals surface area (Å²) in [5.41, 5.74) is 0.0354. The average molecular weight is 326 g/mol. The number of nitrogens with two attached hydrogens (primary N) is 1. The van der Waals surface area contributed by atoms with Gasteiger partial charge in [0.1, 0.15) is 10.7 Å². The van der Waals surface area contributed by atoms with E-state index < -0.39 is 26.6 Å². The number of carbonyl (C=O) groups is 1. The first-order valence-electron chi connectivity index (χ1n) is 5.53. The van der Waals surface area contributed by atoms with Crippen molar-refractivity contribution in [2.45, 2.75) is 17.9 Å².